The molecule has 0 aliphatic heterocycles. The van der Waals surface area contributed by atoms with Gasteiger partial charge in [0.25, 0.3) is 0 Å². The first-order valence-electron chi connectivity index (χ1n) is 8.32. The van der Waals surface area contributed by atoms with Gasteiger partial charge in [-0.1, -0.05) is 19.9 Å². The van der Waals surface area contributed by atoms with Crippen molar-refractivity contribution in [2.24, 2.45) is 5.92 Å². The molecule has 3 rings (SSSR count). The van der Waals surface area contributed by atoms with E-state index in [-0.39, 0.29) is 12.5 Å². The molecule has 1 N–H and O–H groups in total. The number of hydrogen-bond donors (Lipinski definition) is 1. The van der Waals surface area contributed by atoms with Crippen LogP contribution in [0, 0.1) is 17.6 Å². The van der Waals surface area contributed by atoms with E-state index >= 15 is 0 Å². The minimum Gasteiger partial charge on any atom is -0.483 e. The summed E-state index contributed by atoms with van der Waals surface area (Å²) in [5, 5.41) is 10.0. The van der Waals surface area contributed by atoms with E-state index in [1.54, 1.807) is 24.0 Å². The molecule has 26 heavy (non-hydrogen) atoms. The molecule has 1 aliphatic carbocycles. The SMILES string of the molecule is CC(C)Sc1ncccc1COc1c(F)cc(C2CC2C(=O)O)cc1F. The fraction of sp³-hybridized carbons (Fsp3) is 0.368. The first-order valence-corrected chi connectivity index (χ1v) is 9.20. The lowest BCUT2D eigenvalue weighted by Gasteiger charge is -2.13. The average molecular weight is 379 g/mol. The van der Waals surface area contributed by atoms with Crippen molar-refractivity contribution in [1.29, 1.82) is 0 Å². The van der Waals surface area contributed by atoms with Gasteiger partial charge < -0.3 is 9.84 Å². The minimum atomic E-state index is -0.942. The van der Waals surface area contributed by atoms with Crippen LogP contribution in [0.4, 0.5) is 8.78 Å². The van der Waals surface area contributed by atoms with E-state index in [1.807, 2.05) is 19.9 Å². The third kappa shape index (κ3) is 4.15. The maximum Gasteiger partial charge on any atom is 0.307 e. The van der Waals surface area contributed by atoms with Crippen LogP contribution in [-0.4, -0.2) is 21.3 Å². The molecule has 2 unspecified atom stereocenters. The Labute approximate surface area is 154 Å². The summed E-state index contributed by atoms with van der Waals surface area (Å²) in [7, 11) is 0. The molecule has 0 amide bonds. The number of aromatic nitrogens is 1. The van der Waals surface area contributed by atoms with Gasteiger partial charge in [-0.15, -0.1) is 11.8 Å². The molecule has 138 valence electrons. The molecule has 1 fully saturated rings. The largest absolute Gasteiger partial charge is 0.483 e. The Morgan fingerprint density at radius 2 is 2.08 bits per heavy atom. The van der Waals surface area contributed by atoms with E-state index in [4.69, 9.17) is 9.84 Å². The van der Waals surface area contributed by atoms with E-state index in [1.165, 1.54) is 12.1 Å². The fourth-order valence-corrected chi connectivity index (χ4v) is 3.63. The van der Waals surface area contributed by atoms with Gasteiger partial charge in [-0.25, -0.2) is 13.8 Å². The zero-order valence-electron chi connectivity index (χ0n) is 14.4. The fourth-order valence-electron chi connectivity index (χ4n) is 2.78. The number of hydrogen-bond acceptors (Lipinski definition) is 4. The summed E-state index contributed by atoms with van der Waals surface area (Å²) in [6.45, 7) is 4.06. The van der Waals surface area contributed by atoms with Crippen LogP contribution < -0.4 is 4.74 Å². The number of benzene rings is 1. The zero-order chi connectivity index (χ0) is 18.8. The van der Waals surface area contributed by atoms with E-state index in [2.05, 4.69) is 4.98 Å². The highest BCUT2D eigenvalue weighted by Crippen LogP contribution is 2.48. The number of thioether (sulfide) groups is 1. The molecule has 0 bridgehead atoms. The van der Waals surface area contributed by atoms with Crippen LogP contribution in [-0.2, 0) is 11.4 Å². The van der Waals surface area contributed by atoms with Crippen molar-refractivity contribution in [2.75, 3.05) is 0 Å². The summed E-state index contributed by atoms with van der Waals surface area (Å²) < 4.78 is 34.0. The van der Waals surface area contributed by atoms with Gasteiger partial charge in [-0.05, 0) is 36.1 Å². The van der Waals surface area contributed by atoms with Crippen molar-refractivity contribution >= 4 is 17.7 Å². The summed E-state index contributed by atoms with van der Waals surface area (Å²) in [5.41, 5.74) is 1.11. The number of carboxylic acid groups (broad SMARTS) is 1. The number of ether oxygens (including phenoxy) is 1. The van der Waals surface area contributed by atoms with Crippen LogP contribution in [0.1, 0.15) is 37.3 Å². The van der Waals surface area contributed by atoms with Crippen molar-refractivity contribution in [1.82, 2.24) is 4.98 Å². The van der Waals surface area contributed by atoms with Gasteiger partial charge in [-0.3, -0.25) is 4.79 Å². The van der Waals surface area contributed by atoms with Gasteiger partial charge in [0.05, 0.1) is 5.92 Å². The second kappa shape index (κ2) is 7.61. The number of halogens is 2. The Balaban J connectivity index is 1.74. The lowest BCUT2D eigenvalue weighted by atomic mass is 10.1. The van der Waals surface area contributed by atoms with Gasteiger partial charge >= 0.3 is 5.97 Å². The van der Waals surface area contributed by atoms with Crippen LogP contribution in [0.5, 0.6) is 5.75 Å². The highest BCUT2D eigenvalue weighted by molar-refractivity contribution is 7.99. The lowest BCUT2D eigenvalue weighted by molar-refractivity contribution is -0.138. The van der Waals surface area contributed by atoms with Gasteiger partial charge in [0, 0.05) is 17.0 Å². The summed E-state index contributed by atoms with van der Waals surface area (Å²) in [6, 6.07) is 5.89. The topological polar surface area (TPSA) is 59.4 Å². The maximum absolute atomic E-state index is 14.3. The number of aliphatic carboxylic acids is 1. The Hall–Kier alpha value is -2.15. The smallest absolute Gasteiger partial charge is 0.307 e. The van der Waals surface area contributed by atoms with Crippen LogP contribution >= 0.6 is 11.8 Å². The Morgan fingerprint density at radius 3 is 2.65 bits per heavy atom. The molecule has 2 atom stereocenters. The monoisotopic (exact) mass is 379 g/mol. The molecule has 0 saturated heterocycles. The lowest BCUT2D eigenvalue weighted by Crippen LogP contribution is -2.04. The van der Waals surface area contributed by atoms with Gasteiger partial charge in [0.15, 0.2) is 17.4 Å². The van der Waals surface area contributed by atoms with Gasteiger partial charge in [-0.2, -0.15) is 0 Å². The highest BCUT2D eigenvalue weighted by Gasteiger charge is 2.44. The second-order valence-corrected chi connectivity index (χ2v) is 8.09. The van der Waals surface area contributed by atoms with E-state index in [0.29, 0.717) is 17.2 Å². The molecule has 0 radical (unpaired) electrons. The molecule has 2 aromatic rings. The number of carboxylic acids is 1. The van der Waals surface area contributed by atoms with Crippen LogP contribution in [0.25, 0.3) is 0 Å². The van der Waals surface area contributed by atoms with Crippen molar-refractivity contribution in [2.45, 2.75) is 43.1 Å². The molecule has 1 aliphatic rings. The van der Waals surface area contributed by atoms with Crippen molar-refractivity contribution < 1.29 is 23.4 Å². The van der Waals surface area contributed by atoms with Gasteiger partial charge in [0.2, 0.25) is 0 Å². The summed E-state index contributed by atoms with van der Waals surface area (Å²) in [6.07, 6.45) is 2.07. The summed E-state index contributed by atoms with van der Waals surface area (Å²) in [5.74, 6) is -3.94. The molecule has 4 nitrogen and oxygen atoms in total. The van der Waals surface area contributed by atoms with Crippen molar-refractivity contribution in [3.63, 3.8) is 0 Å². The molecule has 1 aromatic carbocycles. The van der Waals surface area contributed by atoms with Crippen LogP contribution in [0.3, 0.4) is 0 Å². The Kier molecular flexibility index (Phi) is 5.46. The third-order valence-electron chi connectivity index (χ3n) is 4.13. The third-order valence-corrected chi connectivity index (χ3v) is 5.19. The molecule has 7 heteroatoms. The molecule has 1 saturated carbocycles. The normalized spacial score (nSPS) is 18.8. The molecular formula is C19H19F2NO3S. The van der Waals surface area contributed by atoms with Gasteiger partial charge in [0.1, 0.15) is 11.6 Å². The number of pyridine rings is 1. The first kappa shape index (κ1) is 18.6. The van der Waals surface area contributed by atoms with E-state index in [9.17, 15) is 13.6 Å². The van der Waals surface area contributed by atoms with Crippen LogP contribution in [0.2, 0.25) is 0 Å². The molecule has 1 aromatic heterocycles. The standard InChI is InChI=1S/C19H19F2NO3S/c1-10(2)26-18-11(4-3-5-22-18)9-25-17-15(20)6-12(7-16(17)21)13-8-14(13)19(23)24/h3-7,10,13-14H,8-9H2,1-2H3,(H,23,24). The molecule has 0 spiro atoms. The minimum absolute atomic E-state index is 0.00272. The Morgan fingerprint density at radius 1 is 1.38 bits per heavy atom. The van der Waals surface area contributed by atoms with E-state index in [0.717, 1.165) is 10.6 Å². The number of nitrogens with zero attached hydrogens (tertiary/aromatic N) is 1. The quantitative estimate of drug-likeness (QED) is 0.711. The zero-order valence-corrected chi connectivity index (χ0v) is 15.2. The summed E-state index contributed by atoms with van der Waals surface area (Å²) in [4.78, 5) is 15.2. The predicted molar refractivity (Wildman–Crippen MR) is 94.4 cm³/mol. The number of rotatable bonds is 7. The second-order valence-electron chi connectivity index (χ2n) is 6.52. The van der Waals surface area contributed by atoms with Crippen molar-refractivity contribution in [3.8, 4) is 5.75 Å². The number of carbonyl (C=O) groups is 1. The Bertz CT molecular complexity index is 805. The molecular weight excluding hydrogens is 360 g/mol. The van der Waals surface area contributed by atoms with E-state index < -0.39 is 29.3 Å². The van der Waals surface area contributed by atoms with Crippen LogP contribution in [0.15, 0.2) is 35.5 Å². The summed E-state index contributed by atoms with van der Waals surface area (Å²) >= 11 is 1.55. The maximum atomic E-state index is 14.3. The highest BCUT2D eigenvalue weighted by atomic mass is 32.2. The van der Waals surface area contributed by atoms with Crippen molar-refractivity contribution in [3.05, 3.63) is 53.2 Å². The predicted octanol–water partition coefficient (Wildman–Crippen LogP) is 4.63. The molecule has 1 heterocycles. The first-order chi connectivity index (χ1) is 12.4. The average Bonchev–Trinajstić information content (AvgIpc) is 3.35.